The van der Waals surface area contributed by atoms with Crippen LogP contribution in [0.15, 0.2) is 59.5 Å². The van der Waals surface area contributed by atoms with Gasteiger partial charge in [-0.15, -0.1) is 11.3 Å². The zero-order valence-corrected chi connectivity index (χ0v) is 21.8. The molecule has 1 aliphatic heterocycles. The lowest BCUT2D eigenvalue weighted by molar-refractivity contribution is -0.115. The lowest BCUT2D eigenvalue weighted by Crippen LogP contribution is -2.29. The van der Waals surface area contributed by atoms with Crippen molar-refractivity contribution in [1.29, 1.82) is 0 Å². The molecule has 0 fully saturated rings. The van der Waals surface area contributed by atoms with Gasteiger partial charge in [0.15, 0.2) is 9.84 Å². The molecule has 0 atom stereocenters. The van der Waals surface area contributed by atoms with E-state index in [2.05, 4.69) is 22.3 Å². The Labute approximate surface area is 214 Å². The topological polar surface area (TPSA) is 102 Å². The maximum absolute atomic E-state index is 12.7. The number of sulfone groups is 1. The monoisotopic (exact) mass is 528 g/mol. The van der Waals surface area contributed by atoms with Crippen LogP contribution in [0.5, 0.6) is 5.75 Å². The molecule has 0 aliphatic carbocycles. The molecule has 1 aromatic heterocycles. The molecule has 4 rings (SSSR count). The summed E-state index contributed by atoms with van der Waals surface area (Å²) in [5.74, 6) is -0.789. The summed E-state index contributed by atoms with van der Waals surface area (Å²) < 4.78 is 35.4. The van der Waals surface area contributed by atoms with E-state index in [0.29, 0.717) is 29.3 Å². The Morgan fingerprint density at radius 3 is 2.44 bits per heavy atom. The average Bonchev–Trinajstić information content (AvgIpc) is 3.24. The molecule has 3 aromatic rings. The molecular weight excluding hydrogens is 500 g/mol. The number of methoxy groups -OCH3 is 2. The Morgan fingerprint density at radius 1 is 1.06 bits per heavy atom. The molecule has 36 heavy (non-hydrogen) atoms. The number of rotatable bonds is 9. The van der Waals surface area contributed by atoms with Crippen LogP contribution >= 0.6 is 11.3 Å². The van der Waals surface area contributed by atoms with Gasteiger partial charge in [0, 0.05) is 30.9 Å². The number of nitrogens with one attached hydrogen (secondary N) is 1. The molecular formula is C26H28N2O6S2. The van der Waals surface area contributed by atoms with Crippen molar-refractivity contribution < 1.29 is 27.5 Å². The minimum atomic E-state index is -3.65. The van der Waals surface area contributed by atoms with Crippen LogP contribution in [-0.2, 0) is 38.9 Å². The molecule has 1 N–H and O–H groups in total. The van der Waals surface area contributed by atoms with Crippen molar-refractivity contribution in [2.45, 2.75) is 30.8 Å². The summed E-state index contributed by atoms with van der Waals surface area (Å²) in [5, 5.41) is 3.17. The number of amides is 1. The third-order valence-corrected chi connectivity index (χ3v) is 8.91. The van der Waals surface area contributed by atoms with E-state index in [-0.39, 0.29) is 17.1 Å². The predicted octanol–water partition coefficient (Wildman–Crippen LogP) is 3.90. The molecule has 0 bridgehead atoms. The molecule has 0 radical (unpaired) electrons. The van der Waals surface area contributed by atoms with Crippen molar-refractivity contribution in [3.8, 4) is 5.75 Å². The first-order valence-electron chi connectivity index (χ1n) is 11.5. The van der Waals surface area contributed by atoms with Gasteiger partial charge < -0.3 is 14.8 Å². The molecule has 10 heteroatoms. The van der Waals surface area contributed by atoms with Gasteiger partial charge in [0.2, 0.25) is 5.91 Å². The highest BCUT2D eigenvalue weighted by Gasteiger charge is 2.29. The zero-order chi connectivity index (χ0) is 25.7. The number of carbonyl (C=O) groups is 2. The van der Waals surface area contributed by atoms with Gasteiger partial charge >= 0.3 is 5.97 Å². The van der Waals surface area contributed by atoms with E-state index in [9.17, 15) is 18.0 Å². The Hall–Kier alpha value is -3.21. The third-order valence-electron chi connectivity index (χ3n) is 6.04. The first kappa shape index (κ1) is 25.9. The highest BCUT2D eigenvalue weighted by Crippen LogP contribution is 2.38. The Balaban J connectivity index is 1.45. The zero-order valence-electron chi connectivity index (χ0n) is 20.2. The van der Waals surface area contributed by atoms with E-state index < -0.39 is 21.7 Å². The van der Waals surface area contributed by atoms with Crippen molar-refractivity contribution in [1.82, 2.24) is 4.90 Å². The summed E-state index contributed by atoms with van der Waals surface area (Å²) in [7, 11) is -0.845. The standard InChI is InChI=1S/C26H28N2O6S2/c1-33-19-8-10-20(11-9-19)36(31,32)15-13-23(29)27-25-24(26(30)34-2)21-12-14-28(17-22(21)35-25)16-18-6-4-3-5-7-18/h3-11H,12-17H2,1-2H3,(H,27,29). The molecule has 1 aliphatic rings. The summed E-state index contributed by atoms with van der Waals surface area (Å²) >= 11 is 1.34. The lowest BCUT2D eigenvalue weighted by atomic mass is 10.0. The second kappa shape index (κ2) is 11.2. The van der Waals surface area contributed by atoms with Crippen LogP contribution < -0.4 is 10.1 Å². The van der Waals surface area contributed by atoms with Gasteiger partial charge in [0.1, 0.15) is 10.8 Å². The minimum Gasteiger partial charge on any atom is -0.497 e. The van der Waals surface area contributed by atoms with Crippen molar-refractivity contribution in [2.24, 2.45) is 0 Å². The van der Waals surface area contributed by atoms with Crippen LogP contribution in [0.1, 0.15) is 32.8 Å². The van der Waals surface area contributed by atoms with E-state index in [0.717, 1.165) is 23.5 Å². The molecule has 0 saturated heterocycles. The van der Waals surface area contributed by atoms with Crippen LogP contribution in [0, 0.1) is 0 Å². The fourth-order valence-corrected chi connectivity index (χ4v) is 6.69. The molecule has 190 valence electrons. The van der Waals surface area contributed by atoms with Crippen molar-refractivity contribution >= 4 is 38.1 Å². The molecule has 0 spiro atoms. The van der Waals surface area contributed by atoms with Gasteiger partial charge in [-0.1, -0.05) is 30.3 Å². The number of hydrogen-bond acceptors (Lipinski definition) is 8. The normalized spacial score (nSPS) is 13.6. The van der Waals surface area contributed by atoms with E-state index in [1.165, 1.54) is 43.3 Å². The Kier molecular flexibility index (Phi) is 8.07. The van der Waals surface area contributed by atoms with Crippen LogP contribution in [-0.4, -0.2) is 51.7 Å². The number of fused-ring (bicyclic) bond motifs is 1. The number of carbonyl (C=O) groups excluding carboxylic acids is 2. The second-order valence-electron chi connectivity index (χ2n) is 8.44. The van der Waals surface area contributed by atoms with Gasteiger partial charge in [-0.05, 0) is 41.8 Å². The van der Waals surface area contributed by atoms with E-state index in [4.69, 9.17) is 9.47 Å². The maximum Gasteiger partial charge on any atom is 0.341 e. The first-order valence-corrected chi connectivity index (χ1v) is 13.9. The first-order chi connectivity index (χ1) is 17.3. The van der Waals surface area contributed by atoms with Gasteiger partial charge in [-0.25, -0.2) is 13.2 Å². The SMILES string of the molecule is COC(=O)c1c(NC(=O)CCS(=O)(=O)c2ccc(OC)cc2)sc2c1CCN(Cc1ccccc1)C2. The highest BCUT2D eigenvalue weighted by molar-refractivity contribution is 7.91. The number of nitrogens with zero attached hydrogens (tertiary/aromatic N) is 1. The minimum absolute atomic E-state index is 0.122. The molecule has 8 nitrogen and oxygen atoms in total. The fraction of sp³-hybridized carbons (Fsp3) is 0.308. The molecule has 1 amide bonds. The quantitative estimate of drug-likeness (QED) is 0.420. The smallest absolute Gasteiger partial charge is 0.341 e. The van der Waals surface area contributed by atoms with Crippen LogP contribution in [0.3, 0.4) is 0 Å². The van der Waals surface area contributed by atoms with Crippen LogP contribution in [0.25, 0.3) is 0 Å². The number of anilines is 1. The number of benzene rings is 2. The average molecular weight is 529 g/mol. The predicted molar refractivity (Wildman–Crippen MR) is 138 cm³/mol. The third kappa shape index (κ3) is 5.95. The van der Waals surface area contributed by atoms with Gasteiger partial charge in [-0.2, -0.15) is 0 Å². The van der Waals surface area contributed by atoms with Crippen LogP contribution in [0.2, 0.25) is 0 Å². The summed E-state index contributed by atoms with van der Waals surface area (Å²) in [6, 6.07) is 16.2. The molecule has 0 saturated carbocycles. The van der Waals surface area contributed by atoms with Gasteiger partial charge in [0.25, 0.3) is 0 Å². The summed E-state index contributed by atoms with van der Waals surface area (Å²) in [6.07, 6.45) is 0.419. The maximum atomic E-state index is 12.7. The number of esters is 1. The van der Waals surface area contributed by atoms with Gasteiger partial charge in [0.05, 0.1) is 30.4 Å². The molecule has 2 heterocycles. The second-order valence-corrected chi connectivity index (χ2v) is 11.7. The van der Waals surface area contributed by atoms with E-state index in [1.54, 1.807) is 12.1 Å². The van der Waals surface area contributed by atoms with E-state index >= 15 is 0 Å². The van der Waals surface area contributed by atoms with Crippen LogP contribution in [0.4, 0.5) is 5.00 Å². The van der Waals surface area contributed by atoms with Crippen molar-refractivity contribution in [3.05, 3.63) is 76.2 Å². The van der Waals surface area contributed by atoms with Gasteiger partial charge in [-0.3, -0.25) is 9.69 Å². The Bertz CT molecular complexity index is 1330. The number of hydrogen-bond donors (Lipinski definition) is 1. The molecule has 0 unspecified atom stereocenters. The molecule has 2 aromatic carbocycles. The largest absolute Gasteiger partial charge is 0.497 e. The van der Waals surface area contributed by atoms with Crippen molar-refractivity contribution in [2.75, 3.05) is 31.8 Å². The Morgan fingerprint density at radius 2 is 1.78 bits per heavy atom. The summed E-state index contributed by atoms with van der Waals surface area (Å²) in [6.45, 7) is 2.22. The highest BCUT2D eigenvalue weighted by atomic mass is 32.2. The number of thiophene rings is 1. The lowest BCUT2D eigenvalue weighted by Gasteiger charge is -2.27. The number of ether oxygens (including phenoxy) is 2. The fourth-order valence-electron chi connectivity index (χ4n) is 4.16. The van der Waals surface area contributed by atoms with E-state index in [1.807, 2.05) is 18.2 Å². The van der Waals surface area contributed by atoms with Crippen molar-refractivity contribution in [3.63, 3.8) is 0 Å². The summed E-state index contributed by atoms with van der Waals surface area (Å²) in [5.41, 5.74) is 2.46. The summed E-state index contributed by atoms with van der Waals surface area (Å²) in [4.78, 5) is 28.7.